The number of nitrogens with zero attached hydrogens (tertiary/aromatic N) is 5. The van der Waals surface area contributed by atoms with Gasteiger partial charge in [-0.15, -0.1) is 0 Å². The van der Waals surface area contributed by atoms with Crippen molar-refractivity contribution < 1.29 is 0 Å². The van der Waals surface area contributed by atoms with E-state index in [0.717, 1.165) is 50.7 Å². The number of piperazine rings is 1. The Labute approximate surface area is 140 Å². The fraction of sp³-hybridized carbons (Fsp3) is 0.688. The Morgan fingerprint density at radius 2 is 1.87 bits per heavy atom. The van der Waals surface area contributed by atoms with Gasteiger partial charge in [0.15, 0.2) is 11.0 Å². The molecule has 4 rings (SSSR count). The lowest BCUT2D eigenvalue weighted by molar-refractivity contribution is 0.390. The molecule has 2 aliphatic heterocycles. The zero-order valence-corrected chi connectivity index (χ0v) is 14.6. The Kier molecular flexibility index (Phi) is 3.63. The molecule has 0 radical (unpaired) electrons. The summed E-state index contributed by atoms with van der Waals surface area (Å²) in [6.07, 6.45) is 5.82. The van der Waals surface area contributed by atoms with Gasteiger partial charge in [0.05, 0.1) is 6.54 Å². The van der Waals surface area contributed by atoms with E-state index in [9.17, 15) is 4.79 Å². The standard InChI is InChI=1S/C16H23N5OS/c1-16(2)11-18-15(23-16)20-9-7-19(8-10-20)13-14(22)21(6-5-17-13)12-3-4-12/h5-6,12H,3-4,7-11H2,1-2H3. The van der Waals surface area contributed by atoms with Crippen molar-refractivity contribution in [3.8, 4) is 0 Å². The van der Waals surface area contributed by atoms with Crippen LogP contribution >= 0.6 is 11.8 Å². The van der Waals surface area contributed by atoms with Crippen LogP contribution in [0, 0.1) is 0 Å². The van der Waals surface area contributed by atoms with Crippen LogP contribution in [-0.2, 0) is 0 Å². The molecule has 23 heavy (non-hydrogen) atoms. The Bertz CT molecular complexity index is 686. The minimum atomic E-state index is 0.0668. The third kappa shape index (κ3) is 2.98. The molecule has 1 aliphatic carbocycles. The Morgan fingerprint density at radius 3 is 2.48 bits per heavy atom. The van der Waals surface area contributed by atoms with Gasteiger partial charge in [-0.25, -0.2) is 4.98 Å². The zero-order chi connectivity index (χ0) is 16.0. The number of aliphatic imine (C=N–C) groups is 1. The molecule has 0 atom stereocenters. The van der Waals surface area contributed by atoms with Crippen molar-refractivity contribution in [1.29, 1.82) is 0 Å². The molecule has 124 valence electrons. The first-order valence-electron chi connectivity index (χ1n) is 8.34. The van der Waals surface area contributed by atoms with Gasteiger partial charge in [-0.1, -0.05) is 11.8 Å². The van der Waals surface area contributed by atoms with Crippen LogP contribution < -0.4 is 10.5 Å². The van der Waals surface area contributed by atoms with E-state index < -0.39 is 0 Å². The second-order valence-electron chi connectivity index (χ2n) is 7.13. The summed E-state index contributed by atoms with van der Waals surface area (Å²) in [6, 6.07) is 0.400. The number of aromatic nitrogens is 2. The van der Waals surface area contributed by atoms with E-state index in [2.05, 4.69) is 33.6 Å². The number of rotatable bonds is 2. The van der Waals surface area contributed by atoms with Gasteiger partial charge in [-0.3, -0.25) is 9.79 Å². The highest BCUT2D eigenvalue weighted by Crippen LogP contribution is 2.34. The van der Waals surface area contributed by atoms with Gasteiger partial charge in [0, 0.05) is 49.4 Å². The van der Waals surface area contributed by atoms with E-state index in [0.29, 0.717) is 11.9 Å². The molecule has 0 amide bonds. The molecule has 0 bridgehead atoms. The van der Waals surface area contributed by atoms with Gasteiger partial charge < -0.3 is 14.4 Å². The molecule has 3 aliphatic rings. The number of hydrogen-bond acceptors (Lipinski definition) is 6. The summed E-state index contributed by atoms with van der Waals surface area (Å²) in [5.74, 6) is 0.611. The lowest BCUT2D eigenvalue weighted by atomic mass is 10.2. The van der Waals surface area contributed by atoms with Crippen LogP contribution in [0.2, 0.25) is 0 Å². The lowest BCUT2D eigenvalue weighted by Gasteiger charge is -2.36. The van der Waals surface area contributed by atoms with Crippen molar-refractivity contribution in [2.75, 3.05) is 37.6 Å². The molecule has 7 heteroatoms. The quantitative estimate of drug-likeness (QED) is 0.822. The normalized spacial score (nSPS) is 24.0. The number of anilines is 1. The first-order chi connectivity index (χ1) is 11.0. The van der Waals surface area contributed by atoms with Crippen LogP contribution in [0.4, 0.5) is 5.82 Å². The molecule has 0 aromatic carbocycles. The van der Waals surface area contributed by atoms with Gasteiger partial charge in [0.2, 0.25) is 0 Å². The SMILES string of the molecule is CC1(C)CN=C(N2CCN(c3nccn(C4CC4)c3=O)CC2)S1. The fourth-order valence-electron chi connectivity index (χ4n) is 3.12. The largest absolute Gasteiger partial charge is 0.348 e. The van der Waals surface area contributed by atoms with Crippen molar-refractivity contribution in [2.45, 2.75) is 37.5 Å². The minimum Gasteiger partial charge on any atom is -0.348 e. The Hall–Kier alpha value is -1.50. The lowest BCUT2D eigenvalue weighted by Crippen LogP contribution is -2.50. The average Bonchev–Trinajstić information content (AvgIpc) is 3.31. The third-order valence-corrected chi connectivity index (χ3v) is 5.85. The van der Waals surface area contributed by atoms with E-state index in [1.54, 1.807) is 6.20 Å². The topological polar surface area (TPSA) is 53.7 Å². The predicted molar refractivity (Wildman–Crippen MR) is 94.5 cm³/mol. The third-order valence-electron chi connectivity index (χ3n) is 4.60. The molecular weight excluding hydrogens is 310 g/mol. The second kappa shape index (κ2) is 5.54. The van der Waals surface area contributed by atoms with Gasteiger partial charge in [-0.2, -0.15) is 0 Å². The van der Waals surface area contributed by atoms with E-state index in [-0.39, 0.29) is 10.3 Å². The summed E-state index contributed by atoms with van der Waals surface area (Å²) in [7, 11) is 0. The monoisotopic (exact) mass is 333 g/mol. The predicted octanol–water partition coefficient (Wildman–Crippen LogP) is 1.58. The Balaban J connectivity index is 1.44. The summed E-state index contributed by atoms with van der Waals surface area (Å²) in [5.41, 5.74) is 0.0668. The van der Waals surface area contributed by atoms with Crippen molar-refractivity contribution >= 4 is 22.7 Å². The molecule has 1 aromatic heterocycles. The molecule has 3 heterocycles. The van der Waals surface area contributed by atoms with Crippen LogP contribution in [0.25, 0.3) is 0 Å². The average molecular weight is 333 g/mol. The summed E-state index contributed by atoms with van der Waals surface area (Å²) >= 11 is 1.87. The first-order valence-corrected chi connectivity index (χ1v) is 9.16. The molecule has 0 N–H and O–H groups in total. The van der Waals surface area contributed by atoms with Crippen LogP contribution in [0.3, 0.4) is 0 Å². The molecule has 1 saturated carbocycles. The molecule has 0 spiro atoms. The smallest absolute Gasteiger partial charge is 0.293 e. The molecule has 1 aromatic rings. The van der Waals surface area contributed by atoms with Crippen LogP contribution in [-0.4, -0.2) is 57.1 Å². The van der Waals surface area contributed by atoms with Crippen molar-refractivity contribution in [3.63, 3.8) is 0 Å². The maximum atomic E-state index is 12.6. The maximum absolute atomic E-state index is 12.6. The highest BCUT2D eigenvalue weighted by Gasteiger charge is 2.32. The van der Waals surface area contributed by atoms with Crippen LogP contribution in [0.5, 0.6) is 0 Å². The first kappa shape index (κ1) is 15.1. The number of thioether (sulfide) groups is 1. The van der Waals surface area contributed by atoms with E-state index in [1.165, 1.54) is 0 Å². The highest BCUT2D eigenvalue weighted by molar-refractivity contribution is 8.15. The summed E-state index contributed by atoms with van der Waals surface area (Å²) < 4.78 is 2.07. The van der Waals surface area contributed by atoms with Gasteiger partial charge >= 0.3 is 0 Å². The highest BCUT2D eigenvalue weighted by atomic mass is 32.2. The van der Waals surface area contributed by atoms with Crippen molar-refractivity contribution in [1.82, 2.24) is 14.5 Å². The van der Waals surface area contributed by atoms with E-state index in [1.807, 2.05) is 22.5 Å². The molecule has 0 unspecified atom stereocenters. The number of hydrogen-bond donors (Lipinski definition) is 0. The zero-order valence-electron chi connectivity index (χ0n) is 13.7. The molecule has 1 saturated heterocycles. The van der Waals surface area contributed by atoms with Gasteiger partial charge in [0.1, 0.15) is 0 Å². The summed E-state index contributed by atoms with van der Waals surface area (Å²) in [5, 5.41) is 1.16. The van der Waals surface area contributed by atoms with Gasteiger partial charge in [0.25, 0.3) is 5.56 Å². The van der Waals surface area contributed by atoms with Gasteiger partial charge in [-0.05, 0) is 26.7 Å². The van der Waals surface area contributed by atoms with Crippen LogP contribution in [0.15, 0.2) is 22.2 Å². The molecular formula is C16H23N5OS. The molecule has 6 nitrogen and oxygen atoms in total. The van der Waals surface area contributed by atoms with E-state index >= 15 is 0 Å². The van der Waals surface area contributed by atoms with Crippen molar-refractivity contribution in [2.24, 2.45) is 4.99 Å². The second-order valence-corrected chi connectivity index (χ2v) is 8.80. The summed E-state index contributed by atoms with van der Waals surface area (Å²) in [4.78, 5) is 26.1. The van der Waals surface area contributed by atoms with E-state index in [4.69, 9.17) is 0 Å². The van der Waals surface area contributed by atoms with Crippen molar-refractivity contribution in [3.05, 3.63) is 22.7 Å². The Morgan fingerprint density at radius 1 is 1.17 bits per heavy atom. The number of amidine groups is 1. The summed E-state index contributed by atoms with van der Waals surface area (Å²) in [6.45, 7) is 8.83. The fourth-order valence-corrected chi connectivity index (χ4v) is 4.18. The maximum Gasteiger partial charge on any atom is 0.293 e. The minimum absolute atomic E-state index is 0.0668. The molecule has 2 fully saturated rings. The van der Waals surface area contributed by atoms with Crippen LogP contribution in [0.1, 0.15) is 32.7 Å².